The van der Waals surface area contributed by atoms with Gasteiger partial charge < -0.3 is 10.0 Å². The number of carbonyl (C=O) groups is 2. The maximum absolute atomic E-state index is 12.7. The Morgan fingerprint density at radius 3 is 2.45 bits per heavy atom. The van der Waals surface area contributed by atoms with E-state index in [-0.39, 0.29) is 25.3 Å². The standard InChI is InChI=1S/C13H20F3NO3/c1-8(12(19)20)7-17(2)11(18)9-4-3-5-10(6-9)13(14,15)16/h8-10H,3-7H2,1-2H3,(H,19,20). The number of alkyl halides is 3. The fraction of sp³-hybridized carbons (Fsp3) is 0.846. The highest BCUT2D eigenvalue weighted by atomic mass is 19.4. The van der Waals surface area contributed by atoms with Gasteiger partial charge in [-0.3, -0.25) is 9.59 Å². The summed E-state index contributed by atoms with van der Waals surface area (Å²) in [5, 5.41) is 8.79. The Morgan fingerprint density at radius 2 is 1.95 bits per heavy atom. The van der Waals surface area contributed by atoms with Crippen molar-refractivity contribution >= 4 is 11.9 Å². The molecule has 0 radical (unpaired) electrons. The van der Waals surface area contributed by atoms with Crippen LogP contribution >= 0.6 is 0 Å². The Morgan fingerprint density at radius 1 is 1.35 bits per heavy atom. The minimum atomic E-state index is -4.26. The molecular weight excluding hydrogens is 275 g/mol. The molecule has 7 heteroatoms. The number of carboxylic acid groups (broad SMARTS) is 1. The molecule has 1 amide bonds. The number of rotatable bonds is 4. The van der Waals surface area contributed by atoms with Crippen molar-refractivity contribution in [2.24, 2.45) is 17.8 Å². The molecule has 0 aromatic carbocycles. The van der Waals surface area contributed by atoms with Gasteiger partial charge in [0, 0.05) is 19.5 Å². The summed E-state index contributed by atoms with van der Waals surface area (Å²) in [4.78, 5) is 24.1. The highest BCUT2D eigenvalue weighted by Crippen LogP contribution is 2.40. The van der Waals surface area contributed by atoms with Crippen molar-refractivity contribution in [1.29, 1.82) is 0 Å². The molecule has 20 heavy (non-hydrogen) atoms. The monoisotopic (exact) mass is 295 g/mol. The largest absolute Gasteiger partial charge is 0.481 e. The van der Waals surface area contributed by atoms with E-state index in [4.69, 9.17) is 5.11 Å². The number of hydrogen-bond donors (Lipinski definition) is 1. The van der Waals surface area contributed by atoms with E-state index in [1.807, 2.05) is 0 Å². The molecule has 1 fully saturated rings. The molecule has 1 aliphatic carbocycles. The zero-order valence-corrected chi connectivity index (χ0v) is 11.6. The topological polar surface area (TPSA) is 57.6 Å². The number of carbonyl (C=O) groups excluding carboxylic acids is 1. The smallest absolute Gasteiger partial charge is 0.391 e. The minimum Gasteiger partial charge on any atom is -0.481 e. The summed E-state index contributed by atoms with van der Waals surface area (Å²) in [6.07, 6.45) is -3.55. The lowest BCUT2D eigenvalue weighted by Gasteiger charge is -2.32. The van der Waals surface area contributed by atoms with Crippen LogP contribution in [0.25, 0.3) is 0 Å². The summed E-state index contributed by atoms with van der Waals surface area (Å²) >= 11 is 0. The Bertz CT molecular complexity index is 370. The van der Waals surface area contributed by atoms with Crippen LogP contribution in [0.5, 0.6) is 0 Å². The highest BCUT2D eigenvalue weighted by molar-refractivity contribution is 5.79. The summed E-state index contributed by atoms with van der Waals surface area (Å²) in [5.41, 5.74) is 0. The van der Waals surface area contributed by atoms with E-state index in [0.717, 1.165) is 0 Å². The van der Waals surface area contributed by atoms with Crippen LogP contribution in [0, 0.1) is 17.8 Å². The van der Waals surface area contributed by atoms with E-state index < -0.39 is 29.9 Å². The van der Waals surface area contributed by atoms with E-state index in [2.05, 4.69) is 0 Å². The maximum atomic E-state index is 12.7. The molecule has 0 heterocycles. The summed E-state index contributed by atoms with van der Waals surface area (Å²) in [6.45, 7) is 1.48. The predicted octanol–water partition coefficient (Wildman–Crippen LogP) is 2.53. The fourth-order valence-corrected chi connectivity index (χ4v) is 2.60. The zero-order chi connectivity index (χ0) is 15.5. The number of hydrogen-bond acceptors (Lipinski definition) is 2. The zero-order valence-electron chi connectivity index (χ0n) is 11.6. The molecule has 1 aliphatic rings. The minimum absolute atomic E-state index is 0.0152. The van der Waals surface area contributed by atoms with Crippen LogP contribution in [-0.2, 0) is 9.59 Å². The van der Waals surface area contributed by atoms with Crippen molar-refractivity contribution in [1.82, 2.24) is 4.90 Å². The van der Waals surface area contributed by atoms with Gasteiger partial charge in [-0.15, -0.1) is 0 Å². The molecule has 3 atom stereocenters. The van der Waals surface area contributed by atoms with Gasteiger partial charge in [0.2, 0.25) is 5.91 Å². The quantitative estimate of drug-likeness (QED) is 0.867. The highest BCUT2D eigenvalue weighted by Gasteiger charge is 2.44. The van der Waals surface area contributed by atoms with Crippen molar-refractivity contribution < 1.29 is 27.9 Å². The molecule has 0 spiro atoms. The summed E-state index contributed by atoms with van der Waals surface area (Å²) in [5.74, 6) is -4.21. The second-order valence-electron chi connectivity index (χ2n) is 5.56. The number of amides is 1. The normalized spacial score (nSPS) is 25.1. The van der Waals surface area contributed by atoms with Crippen LogP contribution in [0.15, 0.2) is 0 Å². The molecule has 0 aromatic heterocycles. The lowest BCUT2D eigenvalue weighted by molar-refractivity contribution is -0.187. The Kier molecular flexibility index (Phi) is 5.42. The van der Waals surface area contributed by atoms with E-state index in [1.54, 1.807) is 0 Å². The van der Waals surface area contributed by atoms with E-state index in [1.165, 1.54) is 18.9 Å². The molecule has 4 nitrogen and oxygen atoms in total. The maximum Gasteiger partial charge on any atom is 0.391 e. The van der Waals surface area contributed by atoms with Crippen LogP contribution in [0.2, 0.25) is 0 Å². The van der Waals surface area contributed by atoms with Crippen molar-refractivity contribution in [3.63, 3.8) is 0 Å². The van der Waals surface area contributed by atoms with Gasteiger partial charge >= 0.3 is 12.1 Å². The molecule has 0 saturated heterocycles. The fourth-order valence-electron chi connectivity index (χ4n) is 2.60. The molecule has 0 aliphatic heterocycles. The van der Waals surface area contributed by atoms with Crippen molar-refractivity contribution in [2.75, 3.05) is 13.6 Å². The van der Waals surface area contributed by atoms with Gasteiger partial charge in [-0.25, -0.2) is 0 Å². The molecule has 1 rings (SSSR count). The number of carboxylic acids is 1. The first-order valence-electron chi connectivity index (χ1n) is 6.67. The molecule has 1 N–H and O–H groups in total. The van der Waals surface area contributed by atoms with Crippen LogP contribution in [-0.4, -0.2) is 41.7 Å². The third-order valence-electron chi connectivity index (χ3n) is 3.83. The summed E-state index contributed by atoms with van der Waals surface area (Å²) in [6, 6.07) is 0. The van der Waals surface area contributed by atoms with Gasteiger partial charge in [0.15, 0.2) is 0 Å². The third-order valence-corrected chi connectivity index (χ3v) is 3.83. The Balaban J connectivity index is 2.60. The number of aliphatic carboxylic acids is 1. The van der Waals surface area contributed by atoms with Gasteiger partial charge in [0.1, 0.15) is 0 Å². The van der Waals surface area contributed by atoms with Crippen LogP contribution in [0.4, 0.5) is 13.2 Å². The molecular formula is C13H20F3NO3. The lowest BCUT2D eigenvalue weighted by atomic mass is 9.80. The van der Waals surface area contributed by atoms with E-state index >= 15 is 0 Å². The van der Waals surface area contributed by atoms with Crippen LogP contribution in [0.3, 0.4) is 0 Å². The van der Waals surface area contributed by atoms with Gasteiger partial charge in [-0.1, -0.05) is 13.3 Å². The number of halogens is 3. The van der Waals surface area contributed by atoms with Gasteiger partial charge in [-0.05, 0) is 19.3 Å². The second-order valence-corrected chi connectivity index (χ2v) is 5.56. The van der Waals surface area contributed by atoms with Crippen molar-refractivity contribution in [3.05, 3.63) is 0 Å². The van der Waals surface area contributed by atoms with E-state index in [9.17, 15) is 22.8 Å². The average Bonchev–Trinajstić information content (AvgIpc) is 2.36. The lowest BCUT2D eigenvalue weighted by Crippen LogP contribution is -2.40. The predicted molar refractivity (Wildman–Crippen MR) is 65.9 cm³/mol. The molecule has 1 saturated carbocycles. The van der Waals surface area contributed by atoms with Gasteiger partial charge in [-0.2, -0.15) is 13.2 Å². The van der Waals surface area contributed by atoms with Crippen LogP contribution in [0.1, 0.15) is 32.6 Å². The Labute approximate surface area is 115 Å². The van der Waals surface area contributed by atoms with Crippen molar-refractivity contribution in [3.8, 4) is 0 Å². The summed E-state index contributed by atoms with van der Waals surface area (Å²) in [7, 11) is 1.44. The van der Waals surface area contributed by atoms with Gasteiger partial charge in [0.25, 0.3) is 0 Å². The van der Waals surface area contributed by atoms with Gasteiger partial charge in [0.05, 0.1) is 11.8 Å². The summed E-state index contributed by atoms with van der Waals surface area (Å²) < 4.78 is 38.1. The van der Waals surface area contributed by atoms with Crippen LogP contribution < -0.4 is 0 Å². The first kappa shape index (κ1) is 16.8. The van der Waals surface area contributed by atoms with Crippen molar-refractivity contribution in [2.45, 2.75) is 38.8 Å². The first-order valence-corrected chi connectivity index (χ1v) is 6.67. The molecule has 116 valence electrons. The average molecular weight is 295 g/mol. The number of nitrogens with zero attached hydrogens (tertiary/aromatic N) is 1. The first-order chi connectivity index (χ1) is 9.12. The molecule has 0 bridgehead atoms. The Hall–Kier alpha value is -1.27. The SMILES string of the molecule is CC(CN(C)C(=O)C1CCCC(C(F)(F)F)C1)C(=O)O. The molecule has 3 unspecified atom stereocenters. The molecule has 0 aromatic rings. The third kappa shape index (κ3) is 4.38. The second kappa shape index (κ2) is 6.45. The van der Waals surface area contributed by atoms with E-state index in [0.29, 0.717) is 12.8 Å².